The molecule has 3 rings (SSSR count). The number of rotatable bonds is 6. The summed E-state index contributed by atoms with van der Waals surface area (Å²) in [5, 5.41) is 2.71. The number of amides is 2. The first kappa shape index (κ1) is 17.7. The Kier molecular flexibility index (Phi) is 5.36. The molecule has 6 nitrogen and oxygen atoms in total. The largest absolute Gasteiger partial charge is 0.494 e. The summed E-state index contributed by atoms with van der Waals surface area (Å²) in [4.78, 5) is 25.6. The van der Waals surface area contributed by atoms with Crippen LogP contribution in [0.5, 0.6) is 11.5 Å². The topological polar surface area (TPSA) is 67.9 Å². The van der Waals surface area contributed by atoms with Gasteiger partial charge in [0, 0.05) is 30.4 Å². The van der Waals surface area contributed by atoms with E-state index >= 15 is 0 Å². The van der Waals surface area contributed by atoms with Crippen LogP contribution in [0.2, 0.25) is 0 Å². The molecule has 0 saturated carbocycles. The maximum atomic E-state index is 13.6. The number of nitrogens with zero attached hydrogens (tertiary/aromatic N) is 1. The number of hydrogen-bond acceptors (Lipinski definition) is 4. The van der Waals surface area contributed by atoms with Crippen molar-refractivity contribution in [1.82, 2.24) is 0 Å². The summed E-state index contributed by atoms with van der Waals surface area (Å²) in [6.07, 6.45) is 1.38. The predicted molar refractivity (Wildman–Crippen MR) is 95.1 cm³/mol. The molecule has 0 aliphatic carbocycles. The van der Waals surface area contributed by atoms with E-state index in [0.29, 0.717) is 18.7 Å². The molecule has 1 saturated heterocycles. The Bertz CT molecular complexity index is 825. The molecular formula is C19H19FN2O4. The normalized spacial score (nSPS) is 13.6. The van der Waals surface area contributed by atoms with E-state index < -0.39 is 5.82 Å². The van der Waals surface area contributed by atoms with Gasteiger partial charge in [0.1, 0.15) is 5.75 Å². The van der Waals surface area contributed by atoms with Crippen LogP contribution in [0.15, 0.2) is 42.5 Å². The third-order valence-corrected chi connectivity index (χ3v) is 4.01. The monoisotopic (exact) mass is 358 g/mol. The number of benzene rings is 2. The first-order valence-corrected chi connectivity index (χ1v) is 8.23. The van der Waals surface area contributed by atoms with Crippen LogP contribution in [-0.4, -0.2) is 32.1 Å². The second-order valence-corrected chi connectivity index (χ2v) is 5.83. The smallest absolute Gasteiger partial charge is 0.262 e. The first-order valence-electron chi connectivity index (χ1n) is 8.23. The van der Waals surface area contributed by atoms with Crippen molar-refractivity contribution in [1.29, 1.82) is 0 Å². The molecule has 1 heterocycles. The SMILES string of the molecule is COc1ccc(OCC(=O)Nc2cccc(N3CCCC3=O)c2)cc1F. The molecule has 0 radical (unpaired) electrons. The molecule has 1 aliphatic rings. The Morgan fingerprint density at radius 1 is 1.27 bits per heavy atom. The summed E-state index contributed by atoms with van der Waals surface area (Å²) < 4.78 is 23.7. The van der Waals surface area contributed by atoms with Crippen LogP contribution >= 0.6 is 0 Å². The molecular weight excluding hydrogens is 339 g/mol. The molecule has 1 N–H and O–H groups in total. The van der Waals surface area contributed by atoms with Gasteiger partial charge in [-0.25, -0.2) is 4.39 Å². The van der Waals surface area contributed by atoms with Gasteiger partial charge in [-0.1, -0.05) is 6.07 Å². The van der Waals surface area contributed by atoms with Crippen molar-refractivity contribution in [2.45, 2.75) is 12.8 Å². The summed E-state index contributed by atoms with van der Waals surface area (Å²) in [5.74, 6) is -0.525. The molecule has 0 aromatic heterocycles. The minimum Gasteiger partial charge on any atom is -0.494 e. The van der Waals surface area contributed by atoms with E-state index in [0.717, 1.165) is 18.2 Å². The van der Waals surface area contributed by atoms with Gasteiger partial charge in [0.2, 0.25) is 5.91 Å². The minimum absolute atomic E-state index is 0.0818. The lowest BCUT2D eigenvalue weighted by atomic mass is 10.2. The molecule has 1 aliphatic heterocycles. The highest BCUT2D eigenvalue weighted by atomic mass is 19.1. The van der Waals surface area contributed by atoms with Crippen LogP contribution in [0.25, 0.3) is 0 Å². The summed E-state index contributed by atoms with van der Waals surface area (Å²) in [6, 6.07) is 11.2. The van der Waals surface area contributed by atoms with Gasteiger partial charge < -0.3 is 19.7 Å². The molecule has 2 amide bonds. The van der Waals surface area contributed by atoms with Crippen LogP contribution in [-0.2, 0) is 9.59 Å². The van der Waals surface area contributed by atoms with E-state index in [1.165, 1.54) is 19.2 Å². The van der Waals surface area contributed by atoms with E-state index in [1.807, 2.05) is 6.07 Å². The fourth-order valence-corrected chi connectivity index (χ4v) is 2.76. The van der Waals surface area contributed by atoms with Crippen LogP contribution in [0, 0.1) is 5.82 Å². The van der Waals surface area contributed by atoms with Crippen LogP contribution in [0.3, 0.4) is 0 Å². The number of halogens is 1. The quantitative estimate of drug-likeness (QED) is 0.862. The third kappa shape index (κ3) is 4.11. The van der Waals surface area contributed by atoms with Crippen molar-refractivity contribution in [2.24, 2.45) is 0 Å². The zero-order chi connectivity index (χ0) is 18.5. The molecule has 2 aromatic carbocycles. The van der Waals surface area contributed by atoms with E-state index in [4.69, 9.17) is 9.47 Å². The fraction of sp³-hybridized carbons (Fsp3) is 0.263. The van der Waals surface area contributed by atoms with E-state index in [2.05, 4.69) is 5.32 Å². The number of methoxy groups -OCH3 is 1. The van der Waals surface area contributed by atoms with Crippen molar-refractivity contribution in [2.75, 3.05) is 30.5 Å². The lowest BCUT2D eigenvalue weighted by Crippen LogP contribution is -2.24. The Balaban J connectivity index is 1.58. The van der Waals surface area contributed by atoms with Gasteiger partial charge in [-0.3, -0.25) is 9.59 Å². The van der Waals surface area contributed by atoms with Crippen LogP contribution in [0.1, 0.15) is 12.8 Å². The molecule has 136 valence electrons. The fourth-order valence-electron chi connectivity index (χ4n) is 2.76. The van der Waals surface area contributed by atoms with E-state index in [1.54, 1.807) is 23.1 Å². The highest BCUT2D eigenvalue weighted by Gasteiger charge is 2.21. The molecule has 0 atom stereocenters. The highest BCUT2D eigenvalue weighted by molar-refractivity contribution is 5.97. The van der Waals surface area contributed by atoms with Crippen molar-refractivity contribution >= 4 is 23.2 Å². The zero-order valence-corrected chi connectivity index (χ0v) is 14.3. The first-order chi connectivity index (χ1) is 12.6. The molecule has 2 aromatic rings. The van der Waals surface area contributed by atoms with Crippen molar-refractivity contribution in [3.8, 4) is 11.5 Å². The lowest BCUT2D eigenvalue weighted by molar-refractivity contribution is -0.118. The standard InChI is InChI=1S/C19H19FN2O4/c1-25-17-8-7-15(11-16(17)20)26-12-18(23)21-13-4-2-5-14(10-13)22-9-3-6-19(22)24/h2,4-5,7-8,10-11H,3,6,9,12H2,1H3,(H,21,23). The average molecular weight is 358 g/mol. The minimum atomic E-state index is -0.562. The molecule has 26 heavy (non-hydrogen) atoms. The van der Waals surface area contributed by atoms with Gasteiger partial charge >= 0.3 is 0 Å². The van der Waals surface area contributed by atoms with Crippen molar-refractivity contribution < 1.29 is 23.5 Å². The number of carbonyl (C=O) groups excluding carboxylic acids is 2. The van der Waals surface area contributed by atoms with E-state index in [-0.39, 0.29) is 29.9 Å². The van der Waals surface area contributed by atoms with Crippen molar-refractivity contribution in [3.63, 3.8) is 0 Å². The number of anilines is 2. The number of nitrogens with one attached hydrogen (secondary N) is 1. The Morgan fingerprint density at radius 3 is 2.81 bits per heavy atom. The van der Waals surface area contributed by atoms with Gasteiger partial charge in [0.25, 0.3) is 5.91 Å². The van der Waals surface area contributed by atoms with Gasteiger partial charge in [-0.15, -0.1) is 0 Å². The molecule has 0 spiro atoms. The number of ether oxygens (including phenoxy) is 2. The number of hydrogen-bond donors (Lipinski definition) is 1. The predicted octanol–water partition coefficient (Wildman–Crippen LogP) is 2.98. The highest BCUT2D eigenvalue weighted by Crippen LogP contribution is 2.24. The second kappa shape index (κ2) is 7.86. The van der Waals surface area contributed by atoms with Crippen molar-refractivity contribution in [3.05, 3.63) is 48.3 Å². The van der Waals surface area contributed by atoms with Gasteiger partial charge in [-0.05, 0) is 36.8 Å². The van der Waals surface area contributed by atoms with Gasteiger partial charge in [0.05, 0.1) is 7.11 Å². The Morgan fingerprint density at radius 2 is 2.12 bits per heavy atom. The molecule has 1 fully saturated rings. The third-order valence-electron chi connectivity index (χ3n) is 4.01. The zero-order valence-electron chi connectivity index (χ0n) is 14.3. The Labute approximate surface area is 150 Å². The van der Waals surface area contributed by atoms with Crippen LogP contribution < -0.4 is 19.7 Å². The maximum absolute atomic E-state index is 13.6. The average Bonchev–Trinajstić information content (AvgIpc) is 3.06. The van der Waals surface area contributed by atoms with Gasteiger partial charge in [0.15, 0.2) is 18.2 Å². The molecule has 0 unspecified atom stereocenters. The lowest BCUT2D eigenvalue weighted by Gasteiger charge is -2.16. The summed E-state index contributed by atoms with van der Waals surface area (Å²) in [6.45, 7) is 0.418. The molecule has 7 heteroatoms. The summed E-state index contributed by atoms with van der Waals surface area (Å²) in [5.41, 5.74) is 1.32. The van der Waals surface area contributed by atoms with E-state index in [9.17, 15) is 14.0 Å². The maximum Gasteiger partial charge on any atom is 0.262 e. The molecule has 0 bridgehead atoms. The number of carbonyl (C=O) groups is 2. The summed E-state index contributed by atoms with van der Waals surface area (Å²) in [7, 11) is 1.37. The van der Waals surface area contributed by atoms with Crippen LogP contribution in [0.4, 0.5) is 15.8 Å². The summed E-state index contributed by atoms with van der Waals surface area (Å²) >= 11 is 0. The Hall–Kier alpha value is -3.09. The van der Waals surface area contributed by atoms with Gasteiger partial charge in [-0.2, -0.15) is 0 Å². The second-order valence-electron chi connectivity index (χ2n) is 5.83.